The summed E-state index contributed by atoms with van der Waals surface area (Å²) in [5.74, 6) is 0.631. The van der Waals surface area contributed by atoms with Gasteiger partial charge in [-0.15, -0.1) is 13.2 Å². The van der Waals surface area contributed by atoms with Gasteiger partial charge in [-0.1, -0.05) is 28.1 Å². The second kappa shape index (κ2) is 7.50. The fourth-order valence-corrected chi connectivity index (χ4v) is 3.75. The van der Waals surface area contributed by atoms with Crippen LogP contribution in [-0.4, -0.2) is 22.7 Å². The summed E-state index contributed by atoms with van der Waals surface area (Å²) < 4.78 is 43.9. The van der Waals surface area contributed by atoms with Crippen molar-refractivity contribution in [3.05, 3.63) is 58.6 Å². The van der Waals surface area contributed by atoms with Crippen LogP contribution in [0.2, 0.25) is 0 Å². The van der Waals surface area contributed by atoms with E-state index in [1.54, 1.807) is 16.8 Å². The summed E-state index contributed by atoms with van der Waals surface area (Å²) in [7, 11) is 0. The Morgan fingerprint density at radius 2 is 1.86 bits per heavy atom. The second-order valence-electron chi connectivity index (χ2n) is 6.52. The van der Waals surface area contributed by atoms with E-state index in [1.165, 1.54) is 12.1 Å². The van der Waals surface area contributed by atoms with E-state index in [2.05, 4.69) is 26.0 Å². The minimum absolute atomic E-state index is 0.255. The lowest BCUT2D eigenvalue weighted by atomic mass is 10.0. The monoisotopic (exact) mass is 451 g/mol. The Kier molecular flexibility index (Phi) is 5.05. The van der Waals surface area contributed by atoms with Crippen molar-refractivity contribution >= 4 is 21.7 Å². The van der Waals surface area contributed by atoms with Crippen molar-refractivity contribution in [1.82, 2.24) is 9.78 Å². The van der Waals surface area contributed by atoms with Crippen LogP contribution in [-0.2, 0) is 6.42 Å². The van der Waals surface area contributed by atoms with Crippen LogP contribution in [0.1, 0.15) is 18.4 Å². The number of fused-ring (bicyclic) bond motifs is 1. The molecule has 0 saturated heterocycles. The largest absolute Gasteiger partial charge is 0.573 e. The minimum atomic E-state index is -4.71. The fourth-order valence-electron chi connectivity index (χ4n) is 3.35. The van der Waals surface area contributed by atoms with Gasteiger partial charge in [0.15, 0.2) is 0 Å². The SMILES string of the molecule is FC(F)(F)Oc1ccc(-n2nc(-c3cccc(Br)c3)c3c2NCCCC3)cc1. The topological polar surface area (TPSA) is 39.1 Å². The molecule has 0 saturated carbocycles. The number of rotatable bonds is 3. The molecule has 2 aromatic carbocycles. The number of benzene rings is 2. The Bertz CT molecular complexity index is 983. The number of aromatic nitrogens is 2. The number of anilines is 1. The van der Waals surface area contributed by atoms with Gasteiger partial charge in [-0.05, 0) is 55.7 Å². The Hall–Kier alpha value is -2.48. The quantitative estimate of drug-likeness (QED) is 0.534. The summed E-state index contributed by atoms with van der Waals surface area (Å²) in [6, 6.07) is 13.7. The first-order valence-electron chi connectivity index (χ1n) is 8.88. The number of halogens is 4. The zero-order valence-corrected chi connectivity index (χ0v) is 16.3. The van der Waals surface area contributed by atoms with Crippen molar-refractivity contribution in [2.24, 2.45) is 0 Å². The highest BCUT2D eigenvalue weighted by atomic mass is 79.9. The third-order valence-corrected chi connectivity index (χ3v) is 5.04. The van der Waals surface area contributed by atoms with Gasteiger partial charge in [-0.3, -0.25) is 0 Å². The molecule has 3 aromatic rings. The number of nitrogens with one attached hydrogen (secondary N) is 1. The molecule has 0 bridgehead atoms. The van der Waals surface area contributed by atoms with E-state index in [4.69, 9.17) is 5.10 Å². The van der Waals surface area contributed by atoms with E-state index < -0.39 is 6.36 Å². The maximum absolute atomic E-state index is 12.4. The first-order chi connectivity index (χ1) is 13.4. The summed E-state index contributed by atoms with van der Waals surface area (Å²) in [6.45, 7) is 0.825. The van der Waals surface area contributed by atoms with Crippen molar-refractivity contribution in [3.63, 3.8) is 0 Å². The van der Waals surface area contributed by atoms with E-state index in [-0.39, 0.29) is 5.75 Å². The molecule has 0 fully saturated rings. The summed E-state index contributed by atoms with van der Waals surface area (Å²) in [5.41, 5.74) is 3.65. The van der Waals surface area contributed by atoms with Gasteiger partial charge in [-0.25, -0.2) is 4.68 Å². The maximum atomic E-state index is 12.4. The average molecular weight is 452 g/mol. The smallest absolute Gasteiger partial charge is 0.406 e. The van der Waals surface area contributed by atoms with Crippen molar-refractivity contribution < 1.29 is 17.9 Å². The van der Waals surface area contributed by atoms with Gasteiger partial charge in [0, 0.05) is 22.1 Å². The Morgan fingerprint density at radius 1 is 1.07 bits per heavy atom. The molecule has 28 heavy (non-hydrogen) atoms. The lowest BCUT2D eigenvalue weighted by Crippen LogP contribution is -2.17. The molecular weight excluding hydrogens is 435 g/mol. The molecule has 4 nitrogen and oxygen atoms in total. The molecule has 1 aromatic heterocycles. The van der Waals surface area contributed by atoms with Crippen LogP contribution in [0, 0.1) is 0 Å². The van der Waals surface area contributed by atoms with E-state index in [1.807, 2.05) is 24.3 Å². The molecule has 0 amide bonds. The molecule has 0 spiro atoms. The van der Waals surface area contributed by atoms with Crippen molar-refractivity contribution in [2.45, 2.75) is 25.6 Å². The predicted molar refractivity (Wildman–Crippen MR) is 105 cm³/mol. The zero-order chi connectivity index (χ0) is 19.7. The van der Waals surface area contributed by atoms with Gasteiger partial charge < -0.3 is 10.1 Å². The van der Waals surface area contributed by atoms with Gasteiger partial charge in [0.25, 0.3) is 0 Å². The summed E-state index contributed by atoms with van der Waals surface area (Å²) in [5, 5.41) is 8.22. The second-order valence-corrected chi connectivity index (χ2v) is 7.44. The third kappa shape index (κ3) is 4.01. The standard InChI is InChI=1S/C20H17BrF3N3O/c21-14-5-3-4-13(12-14)18-17-6-1-2-11-25-19(17)27(26-18)15-7-9-16(10-8-15)28-20(22,23)24/h3-5,7-10,12,25H,1-2,6,11H2. The van der Waals surface area contributed by atoms with Crippen LogP contribution in [0.4, 0.5) is 19.0 Å². The molecule has 0 aliphatic carbocycles. The van der Waals surface area contributed by atoms with Crippen molar-refractivity contribution in [1.29, 1.82) is 0 Å². The number of ether oxygens (including phenoxy) is 1. The Morgan fingerprint density at radius 3 is 2.57 bits per heavy atom. The first kappa shape index (κ1) is 18.9. The van der Waals surface area contributed by atoms with Crippen molar-refractivity contribution in [3.8, 4) is 22.7 Å². The van der Waals surface area contributed by atoms with Crippen LogP contribution in [0.25, 0.3) is 16.9 Å². The van der Waals surface area contributed by atoms with Crippen LogP contribution < -0.4 is 10.1 Å². The molecular formula is C20H17BrF3N3O. The zero-order valence-electron chi connectivity index (χ0n) is 14.8. The number of hydrogen-bond acceptors (Lipinski definition) is 3. The van der Waals surface area contributed by atoms with Crippen LogP contribution >= 0.6 is 15.9 Å². The number of alkyl halides is 3. The normalized spacial score (nSPS) is 14.1. The van der Waals surface area contributed by atoms with E-state index in [9.17, 15) is 13.2 Å². The lowest BCUT2D eigenvalue weighted by Gasteiger charge is -2.11. The lowest BCUT2D eigenvalue weighted by molar-refractivity contribution is -0.274. The first-order valence-corrected chi connectivity index (χ1v) is 9.68. The Labute approximate surface area is 168 Å². The molecule has 0 unspecified atom stereocenters. The van der Waals surface area contributed by atoms with E-state index in [0.717, 1.165) is 52.9 Å². The molecule has 8 heteroatoms. The fraction of sp³-hybridized carbons (Fsp3) is 0.250. The predicted octanol–water partition coefficient (Wildman–Crippen LogP) is 5.95. The maximum Gasteiger partial charge on any atom is 0.573 e. The van der Waals surface area contributed by atoms with Crippen LogP contribution in [0.15, 0.2) is 53.0 Å². The van der Waals surface area contributed by atoms with Gasteiger partial charge in [0.1, 0.15) is 11.6 Å². The highest BCUT2D eigenvalue weighted by Gasteiger charge is 2.31. The average Bonchev–Trinajstić information content (AvgIpc) is 2.82. The van der Waals surface area contributed by atoms with Gasteiger partial charge >= 0.3 is 6.36 Å². The molecule has 0 radical (unpaired) electrons. The molecule has 1 aliphatic heterocycles. The summed E-state index contributed by atoms with van der Waals surface area (Å²) in [4.78, 5) is 0. The summed E-state index contributed by atoms with van der Waals surface area (Å²) in [6.07, 6.45) is -1.73. The molecule has 146 valence electrons. The van der Waals surface area contributed by atoms with Crippen molar-refractivity contribution in [2.75, 3.05) is 11.9 Å². The molecule has 1 aliphatic rings. The summed E-state index contributed by atoms with van der Waals surface area (Å²) >= 11 is 3.50. The molecule has 0 atom stereocenters. The van der Waals surface area contributed by atoms with Gasteiger partial charge in [-0.2, -0.15) is 5.10 Å². The van der Waals surface area contributed by atoms with Crippen LogP contribution in [0.5, 0.6) is 5.75 Å². The highest BCUT2D eigenvalue weighted by Crippen LogP contribution is 2.35. The van der Waals surface area contributed by atoms with Gasteiger partial charge in [0.05, 0.1) is 11.4 Å². The van der Waals surface area contributed by atoms with E-state index >= 15 is 0 Å². The Balaban J connectivity index is 1.77. The van der Waals surface area contributed by atoms with Gasteiger partial charge in [0.2, 0.25) is 0 Å². The molecule has 1 N–H and O–H groups in total. The molecule has 2 heterocycles. The van der Waals surface area contributed by atoms with E-state index in [0.29, 0.717) is 5.69 Å². The number of hydrogen-bond donors (Lipinski definition) is 1. The third-order valence-electron chi connectivity index (χ3n) is 4.54. The highest BCUT2D eigenvalue weighted by molar-refractivity contribution is 9.10. The number of nitrogens with zero attached hydrogens (tertiary/aromatic N) is 2. The molecule has 4 rings (SSSR count). The minimum Gasteiger partial charge on any atom is -0.406 e. The van der Waals surface area contributed by atoms with Crippen LogP contribution in [0.3, 0.4) is 0 Å².